The zero-order chi connectivity index (χ0) is 21.8. The van der Waals surface area contributed by atoms with E-state index in [-0.39, 0.29) is 18.6 Å². The number of hydrogen-bond donors (Lipinski definition) is 1. The fourth-order valence-corrected chi connectivity index (χ4v) is 4.97. The molecule has 0 unspecified atom stereocenters. The van der Waals surface area contributed by atoms with Gasteiger partial charge in [-0.25, -0.2) is 4.79 Å². The van der Waals surface area contributed by atoms with E-state index in [2.05, 4.69) is 22.3 Å². The van der Waals surface area contributed by atoms with Gasteiger partial charge in [0.2, 0.25) is 5.91 Å². The molecule has 4 rings (SSSR count). The van der Waals surface area contributed by atoms with E-state index in [1.165, 1.54) is 16.9 Å². The number of nitrogens with one attached hydrogen (secondary N) is 1. The lowest BCUT2D eigenvalue weighted by Gasteiger charge is -2.35. The predicted octanol–water partition coefficient (Wildman–Crippen LogP) is 5.37. The smallest absolute Gasteiger partial charge is 0.341 e. The van der Waals surface area contributed by atoms with Crippen LogP contribution in [0.4, 0.5) is 10.7 Å². The molecule has 1 aliphatic heterocycles. The molecular weight excluding hydrogens is 408 g/mol. The van der Waals surface area contributed by atoms with Gasteiger partial charge in [-0.3, -0.25) is 4.79 Å². The third-order valence-corrected chi connectivity index (χ3v) is 6.62. The van der Waals surface area contributed by atoms with Crippen molar-refractivity contribution in [2.75, 3.05) is 23.4 Å². The van der Waals surface area contributed by atoms with E-state index in [1.54, 1.807) is 13.0 Å². The highest BCUT2D eigenvalue weighted by atomic mass is 32.1. The van der Waals surface area contributed by atoms with Crippen LogP contribution in [0.15, 0.2) is 60.7 Å². The fourth-order valence-electron chi connectivity index (χ4n) is 3.91. The minimum Gasteiger partial charge on any atom is -0.462 e. The zero-order valence-corrected chi connectivity index (χ0v) is 18.6. The lowest BCUT2D eigenvalue weighted by Crippen LogP contribution is -2.44. The number of carbonyl (C=O) groups is 2. The lowest BCUT2D eigenvalue weighted by atomic mass is 10.00. The summed E-state index contributed by atoms with van der Waals surface area (Å²) < 4.78 is 5.23. The number of anilines is 2. The van der Waals surface area contributed by atoms with Crippen LogP contribution in [0, 0.1) is 0 Å². The number of para-hydroxylation sites is 1. The van der Waals surface area contributed by atoms with Crippen LogP contribution in [0.3, 0.4) is 0 Å². The maximum absolute atomic E-state index is 13.2. The van der Waals surface area contributed by atoms with Gasteiger partial charge >= 0.3 is 5.97 Å². The molecule has 1 aliphatic rings. The molecule has 31 heavy (non-hydrogen) atoms. The van der Waals surface area contributed by atoms with E-state index in [1.807, 2.05) is 49.4 Å². The van der Waals surface area contributed by atoms with Crippen molar-refractivity contribution in [1.29, 1.82) is 0 Å². The number of amides is 1. The molecule has 0 radical (unpaired) electrons. The fraction of sp³-hybridized carbons (Fsp3) is 0.280. The number of ether oxygens (including phenoxy) is 1. The summed E-state index contributed by atoms with van der Waals surface area (Å²) in [5, 5.41) is 3.53. The molecule has 6 heteroatoms. The van der Waals surface area contributed by atoms with Gasteiger partial charge in [0.15, 0.2) is 0 Å². The average Bonchev–Trinajstić information content (AvgIpc) is 3.23. The van der Waals surface area contributed by atoms with E-state index in [9.17, 15) is 9.59 Å². The Balaban J connectivity index is 1.60. The molecule has 3 aromatic rings. The van der Waals surface area contributed by atoms with Gasteiger partial charge < -0.3 is 15.0 Å². The molecule has 0 aliphatic carbocycles. The third kappa shape index (κ3) is 4.49. The highest BCUT2D eigenvalue weighted by Gasteiger charge is 2.28. The van der Waals surface area contributed by atoms with Crippen LogP contribution in [0.25, 0.3) is 10.4 Å². The summed E-state index contributed by atoms with van der Waals surface area (Å²) in [6.45, 7) is 4.80. The van der Waals surface area contributed by atoms with Gasteiger partial charge in [0.25, 0.3) is 0 Å². The summed E-state index contributed by atoms with van der Waals surface area (Å²) in [6.07, 6.45) is 2.04. The molecule has 0 spiro atoms. The zero-order valence-electron chi connectivity index (χ0n) is 17.8. The molecule has 0 saturated carbocycles. The Kier molecular flexibility index (Phi) is 6.37. The Labute approximate surface area is 186 Å². The number of hydrogen-bond acceptors (Lipinski definition) is 5. The van der Waals surface area contributed by atoms with Crippen LogP contribution in [0.5, 0.6) is 0 Å². The normalized spacial score (nSPS) is 13.9. The van der Waals surface area contributed by atoms with E-state index < -0.39 is 5.97 Å². The number of esters is 1. The molecule has 1 N–H and O–H groups in total. The van der Waals surface area contributed by atoms with Gasteiger partial charge in [-0.05, 0) is 49.9 Å². The van der Waals surface area contributed by atoms with Gasteiger partial charge in [0.05, 0.1) is 12.2 Å². The van der Waals surface area contributed by atoms with Crippen LogP contribution >= 0.6 is 11.3 Å². The second kappa shape index (κ2) is 9.35. The second-order valence-electron chi connectivity index (χ2n) is 7.53. The van der Waals surface area contributed by atoms with Crippen molar-refractivity contribution in [3.8, 4) is 10.4 Å². The third-order valence-electron chi connectivity index (χ3n) is 5.52. The largest absolute Gasteiger partial charge is 0.462 e. The van der Waals surface area contributed by atoms with Crippen LogP contribution in [-0.4, -0.2) is 31.1 Å². The summed E-state index contributed by atoms with van der Waals surface area (Å²) in [5.41, 5.74) is 3.77. The van der Waals surface area contributed by atoms with Gasteiger partial charge in [-0.2, -0.15) is 0 Å². The summed E-state index contributed by atoms with van der Waals surface area (Å²) in [5.74, 6) is -0.559. The molecule has 1 atom stereocenters. The highest BCUT2D eigenvalue weighted by Crippen LogP contribution is 2.36. The highest BCUT2D eigenvalue weighted by molar-refractivity contribution is 7.20. The van der Waals surface area contributed by atoms with Crippen molar-refractivity contribution in [3.63, 3.8) is 0 Å². The second-order valence-corrected chi connectivity index (χ2v) is 8.58. The first-order valence-electron chi connectivity index (χ1n) is 10.6. The van der Waals surface area contributed by atoms with Crippen LogP contribution < -0.4 is 10.2 Å². The van der Waals surface area contributed by atoms with Crippen molar-refractivity contribution < 1.29 is 14.3 Å². The standard InChI is InChI=1S/C25H26N2O3S/c1-3-30-25(29)20-16-22(19-11-5-4-6-12-19)31-24(20)26-23(28)17(2)27-15-9-13-18-10-7-8-14-21(18)27/h4-8,10-12,14,16-17H,3,9,13,15H2,1-2H3,(H,26,28)/t17-/m0/s1. The monoisotopic (exact) mass is 434 g/mol. The van der Waals surface area contributed by atoms with Crippen molar-refractivity contribution >= 4 is 33.9 Å². The first kappa shape index (κ1) is 21.1. The van der Waals surface area contributed by atoms with Crippen LogP contribution in [0.1, 0.15) is 36.2 Å². The van der Waals surface area contributed by atoms with E-state index in [4.69, 9.17) is 4.74 Å². The quantitative estimate of drug-likeness (QED) is 0.530. The van der Waals surface area contributed by atoms with Crippen molar-refractivity contribution in [2.45, 2.75) is 32.7 Å². The minimum atomic E-state index is -0.424. The van der Waals surface area contributed by atoms with Crippen molar-refractivity contribution in [3.05, 3.63) is 71.8 Å². The summed E-state index contributed by atoms with van der Waals surface area (Å²) in [7, 11) is 0. The number of aryl methyl sites for hydroxylation is 1. The number of nitrogens with zero attached hydrogens (tertiary/aromatic N) is 1. The number of rotatable bonds is 6. The maximum Gasteiger partial charge on any atom is 0.341 e. The summed E-state index contributed by atoms with van der Waals surface area (Å²) >= 11 is 1.39. The van der Waals surface area contributed by atoms with E-state index in [0.717, 1.165) is 35.5 Å². The minimum absolute atomic E-state index is 0.135. The molecule has 2 heterocycles. The first-order chi connectivity index (χ1) is 15.1. The molecule has 1 aromatic heterocycles. The lowest BCUT2D eigenvalue weighted by molar-refractivity contribution is -0.117. The molecule has 2 aromatic carbocycles. The Bertz CT molecular complexity index is 1080. The summed E-state index contributed by atoms with van der Waals surface area (Å²) in [6, 6.07) is 19.5. The maximum atomic E-state index is 13.2. The Morgan fingerprint density at radius 1 is 1.13 bits per heavy atom. The Morgan fingerprint density at radius 3 is 2.65 bits per heavy atom. The number of fused-ring (bicyclic) bond motifs is 1. The van der Waals surface area contributed by atoms with Gasteiger partial charge in [0, 0.05) is 17.1 Å². The molecule has 5 nitrogen and oxygen atoms in total. The molecule has 0 saturated heterocycles. The van der Waals surface area contributed by atoms with Gasteiger partial charge in [0.1, 0.15) is 11.0 Å². The van der Waals surface area contributed by atoms with Gasteiger partial charge in [-0.1, -0.05) is 48.5 Å². The SMILES string of the molecule is CCOC(=O)c1cc(-c2ccccc2)sc1NC(=O)[C@H](C)N1CCCc2ccccc21. The van der Waals surface area contributed by atoms with E-state index in [0.29, 0.717) is 10.6 Å². The molecular formula is C25H26N2O3S. The van der Waals surface area contributed by atoms with Crippen molar-refractivity contribution in [2.24, 2.45) is 0 Å². The van der Waals surface area contributed by atoms with Crippen LogP contribution in [0.2, 0.25) is 0 Å². The number of benzene rings is 2. The van der Waals surface area contributed by atoms with Crippen LogP contribution in [-0.2, 0) is 16.0 Å². The van der Waals surface area contributed by atoms with Gasteiger partial charge in [-0.15, -0.1) is 11.3 Å². The molecule has 0 fully saturated rings. The Hall–Kier alpha value is -3.12. The average molecular weight is 435 g/mol. The number of carbonyl (C=O) groups excluding carboxylic acids is 2. The Morgan fingerprint density at radius 2 is 1.87 bits per heavy atom. The van der Waals surface area contributed by atoms with Crippen molar-refractivity contribution in [1.82, 2.24) is 0 Å². The summed E-state index contributed by atoms with van der Waals surface area (Å²) in [4.78, 5) is 28.8. The predicted molar refractivity (Wildman–Crippen MR) is 126 cm³/mol. The topological polar surface area (TPSA) is 58.6 Å². The first-order valence-corrected chi connectivity index (χ1v) is 11.4. The number of thiophene rings is 1. The molecule has 0 bridgehead atoms. The van der Waals surface area contributed by atoms with E-state index >= 15 is 0 Å². The molecule has 160 valence electrons. The molecule has 1 amide bonds.